The highest BCUT2D eigenvalue weighted by Gasteiger charge is 2.29. The molecule has 134 valence electrons. The average molecular weight is 362 g/mol. The van der Waals surface area contributed by atoms with E-state index in [1.165, 1.54) is 7.11 Å². The van der Waals surface area contributed by atoms with Crippen LogP contribution in [-0.4, -0.2) is 33.7 Å². The van der Waals surface area contributed by atoms with Gasteiger partial charge in [0.05, 0.1) is 19.1 Å². The highest BCUT2D eigenvalue weighted by Crippen LogP contribution is 2.24. The Labute approximate surface area is 148 Å². The predicted octanol–water partition coefficient (Wildman–Crippen LogP) is 2.80. The number of rotatable bonds is 6. The molecule has 1 amide bonds. The number of methoxy groups -OCH3 is 1. The molecule has 0 bridgehead atoms. The molecule has 0 spiro atoms. The number of hydrogen-bond acceptors (Lipinski definition) is 4. The lowest BCUT2D eigenvalue weighted by Gasteiger charge is -2.28. The summed E-state index contributed by atoms with van der Waals surface area (Å²) in [4.78, 5) is 12.6. The first-order valence-electron chi connectivity index (χ1n) is 7.74. The second kappa shape index (κ2) is 7.57. The van der Waals surface area contributed by atoms with E-state index < -0.39 is 22.0 Å². The Morgan fingerprint density at radius 3 is 2.24 bits per heavy atom. The molecule has 1 N–H and O–H groups in total. The summed E-state index contributed by atoms with van der Waals surface area (Å²) in [7, 11) is -2.12. The molecule has 0 aliphatic rings. The number of amides is 1. The number of sulfonamides is 1. The maximum Gasteiger partial charge on any atom is 0.248 e. The minimum Gasteiger partial charge on any atom is -0.497 e. The first-order chi connectivity index (χ1) is 11.7. The normalized spacial score (nSPS) is 12.3. The van der Waals surface area contributed by atoms with Crippen LogP contribution in [0.2, 0.25) is 0 Å². The third kappa shape index (κ3) is 4.51. The number of anilines is 2. The third-order valence-electron chi connectivity index (χ3n) is 3.82. The molecule has 0 saturated heterocycles. The summed E-state index contributed by atoms with van der Waals surface area (Å²) in [5.41, 5.74) is 1.96. The maximum atomic E-state index is 12.6. The summed E-state index contributed by atoms with van der Waals surface area (Å²) in [5.74, 6) is 0.199. The van der Waals surface area contributed by atoms with Gasteiger partial charge >= 0.3 is 0 Å². The molecule has 0 unspecified atom stereocenters. The number of carbonyl (C=O) groups excluding carboxylic acids is 1. The zero-order chi connectivity index (χ0) is 18.6. The van der Waals surface area contributed by atoms with Gasteiger partial charge in [-0.05, 0) is 49.7 Å². The van der Waals surface area contributed by atoms with Crippen molar-refractivity contribution in [1.29, 1.82) is 0 Å². The van der Waals surface area contributed by atoms with Crippen LogP contribution in [0.25, 0.3) is 0 Å². The van der Waals surface area contributed by atoms with Gasteiger partial charge in [0.1, 0.15) is 11.8 Å². The topological polar surface area (TPSA) is 75.7 Å². The second-order valence-corrected chi connectivity index (χ2v) is 7.60. The van der Waals surface area contributed by atoms with E-state index in [1.807, 2.05) is 25.1 Å². The molecule has 0 fully saturated rings. The number of nitrogens with one attached hydrogen (secondary N) is 1. The largest absolute Gasteiger partial charge is 0.497 e. The molecule has 25 heavy (non-hydrogen) atoms. The molecule has 0 aliphatic heterocycles. The van der Waals surface area contributed by atoms with Gasteiger partial charge in [-0.25, -0.2) is 8.42 Å². The van der Waals surface area contributed by atoms with E-state index in [2.05, 4.69) is 5.32 Å². The van der Waals surface area contributed by atoms with Crippen molar-refractivity contribution < 1.29 is 17.9 Å². The molecular weight excluding hydrogens is 340 g/mol. The molecule has 0 aliphatic carbocycles. The molecule has 2 rings (SSSR count). The molecule has 0 aromatic heterocycles. The van der Waals surface area contributed by atoms with Crippen molar-refractivity contribution in [3.05, 3.63) is 54.1 Å². The van der Waals surface area contributed by atoms with Gasteiger partial charge in [0.25, 0.3) is 0 Å². The van der Waals surface area contributed by atoms with Crippen LogP contribution >= 0.6 is 0 Å². The zero-order valence-corrected chi connectivity index (χ0v) is 15.5. The Morgan fingerprint density at radius 1 is 1.12 bits per heavy atom. The van der Waals surface area contributed by atoms with Gasteiger partial charge in [0, 0.05) is 5.69 Å². The number of aryl methyl sites for hydroxylation is 1. The van der Waals surface area contributed by atoms with E-state index >= 15 is 0 Å². The Hall–Kier alpha value is -2.54. The van der Waals surface area contributed by atoms with Gasteiger partial charge in [0.2, 0.25) is 15.9 Å². The van der Waals surface area contributed by atoms with E-state index in [0.29, 0.717) is 17.1 Å². The summed E-state index contributed by atoms with van der Waals surface area (Å²) < 4.78 is 30.7. The van der Waals surface area contributed by atoms with E-state index in [1.54, 1.807) is 37.3 Å². The lowest BCUT2D eigenvalue weighted by Crippen LogP contribution is -2.45. The zero-order valence-electron chi connectivity index (χ0n) is 14.7. The van der Waals surface area contributed by atoms with Crippen molar-refractivity contribution in [3.63, 3.8) is 0 Å². The summed E-state index contributed by atoms with van der Waals surface area (Å²) in [6.07, 6.45) is 1.08. The van der Waals surface area contributed by atoms with Gasteiger partial charge in [-0.1, -0.05) is 18.2 Å². The molecule has 2 aromatic rings. The standard InChI is InChI=1S/C18H22N2O4S/c1-13-7-5-6-8-17(13)19-18(21)14(2)20(25(4,22)23)15-9-11-16(24-3)12-10-15/h5-12,14H,1-4H3,(H,19,21)/t14-/m0/s1. The smallest absolute Gasteiger partial charge is 0.248 e. The van der Waals surface area contributed by atoms with Crippen LogP contribution in [-0.2, 0) is 14.8 Å². The van der Waals surface area contributed by atoms with Gasteiger partial charge in [-0.3, -0.25) is 9.10 Å². The minimum absolute atomic E-state index is 0.399. The number of ether oxygens (including phenoxy) is 1. The van der Waals surface area contributed by atoms with Crippen molar-refractivity contribution >= 4 is 27.3 Å². The van der Waals surface area contributed by atoms with E-state index in [9.17, 15) is 13.2 Å². The van der Waals surface area contributed by atoms with Crippen LogP contribution in [0.15, 0.2) is 48.5 Å². The van der Waals surface area contributed by atoms with Crippen LogP contribution in [0, 0.1) is 6.92 Å². The monoisotopic (exact) mass is 362 g/mol. The maximum absolute atomic E-state index is 12.6. The van der Waals surface area contributed by atoms with Gasteiger partial charge in [-0.15, -0.1) is 0 Å². The summed E-state index contributed by atoms with van der Waals surface area (Å²) in [6.45, 7) is 3.43. The van der Waals surface area contributed by atoms with Crippen LogP contribution < -0.4 is 14.4 Å². The fourth-order valence-corrected chi connectivity index (χ4v) is 3.66. The van der Waals surface area contributed by atoms with Crippen LogP contribution in [0.3, 0.4) is 0 Å². The van der Waals surface area contributed by atoms with Crippen molar-refractivity contribution in [1.82, 2.24) is 0 Å². The van der Waals surface area contributed by atoms with Crippen molar-refractivity contribution in [2.75, 3.05) is 23.0 Å². The number of carbonyl (C=O) groups is 1. The first kappa shape index (κ1) is 18.8. The predicted molar refractivity (Wildman–Crippen MR) is 99.6 cm³/mol. The first-order valence-corrected chi connectivity index (χ1v) is 9.59. The minimum atomic E-state index is -3.65. The van der Waals surface area contributed by atoms with Crippen molar-refractivity contribution in [3.8, 4) is 5.75 Å². The lowest BCUT2D eigenvalue weighted by molar-refractivity contribution is -0.116. The molecule has 1 atom stereocenters. The Kier molecular flexibility index (Phi) is 5.69. The molecule has 0 radical (unpaired) electrons. The number of benzene rings is 2. The number of hydrogen-bond donors (Lipinski definition) is 1. The van der Waals surface area contributed by atoms with Crippen LogP contribution in [0.4, 0.5) is 11.4 Å². The van der Waals surface area contributed by atoms with Gasteiger partial charge < -0.3 is 10.1 Å². The van der Waals surface area contributed by atoms with Gasteiger partial charge in [-0.2, -0.15) is 0 Å². The Balaban J connectivity index is 2.31. The molecule has 6 nitrogen and oxygen atoms in total. The average Bonchev–Trinajstić information content (AvgIpc) is 2.56. The highest BCUT2D eigenvalue weighted by atomic mass is 32.2. The Morgan fingerprint density at radius 2 is 1.72 bits per heavy atom. The Bertz CT molecular complexity index is 848. The number of para-hydroxylation sites is 1. The fourth-order valence-electron chi connectivity index (χ4n) is 2.49. The van der Waals surface area contributed by atoms with E-state index in [4.69, 9.17) is 4.74 Å². The molecule has 2 aromatic carbocycles. The van der Waals surface area contributed by atoms with E-state index in [-0.39, 0.29) is 0 Å². The number of nitrogens with zero attached hydrogens (tertiary/aromatic N) is 1. The fraction of sp³-hybridized carbons (Fsp3) is 0.278. The highest BCUT2D eigenvalue weighted by molar-refractivity contribution is 7.92. The van der Waals surface area contributed by atoms with Crippen LogP contribution in [0.5, 0.6) is 5.75 Å². The molecule has 0 saturated carbocycles. The quantitative estimate of drug-likeness (QED) is 0.857. The van der Waals surface area contributed by atoms with E-state index in [0.717, 1.165) is 16.1 Å². The molecule has 0 heterocycles. The summed E-state index contributed by atoms with van der Waals surface area (Å²) >= 11 is 0. The SMILES string of the molecule is COc1ccc(N([C@@H](C)C(=O)Nc2ccccc2C)S(C)(=O)=O)cc1. The van der Waals surface area contributed by atoms with Crippen LogP contribution in [0.1, 0.15) is 12.5 Å². The van der Waals surface area contributed by atoms with Gasteiger partial charge in [0.15, 0.2) is 0 Å². The third-order valence-corrected chi connectivity index (χ3v) is 5.06. The van der Waals surface area contributed by atoms with Crippen molar-refractivity contribution in [2.24, 2.45) is 0 Å². The summed E-state index contributed by atoms with van der Waals surface area (Å²) in [5, 5.41) is 2.79. The second-order valence-electron chi connectivity index (χ2n) is 5.74. The van der Waals surface area contributed by atoms with Crippen molar-refractivity contribution in [2.45, 2.75) is 19.9 Å². The molecule has 7 heteroatoms. The summed E-state index contributed by atoms with van der Waals surface area (Å²) in [6, 6.07) is 12.9. The molecular formula is C18H22N2O4S. The lowest BCUT2D eigenvalue weighted by atomic mass is 10.2.